The zero-order chi connectivity index (χ0) is 14.2. The summed E-state index contributed by atoms with van der Waals surface area (Å²) < 4.78 is 19.4. The van der Waals surface area contributed by atoms with Crippen molar-refractivity contribution in [2.75, 3.05) is 13.1 Å². The third-order valence-electron chi connectivity index (χ3n) is 4.08. The van der Waals surface area contributed by atoms with E-state index >= 15 is 0 Å². The molecule has 0 aliphatic carbocycles. The van der Waals surface area contributed by atoms with Gasteiger partial charge in [-0.3, -0.25) is 0 Å². The van der Waals surface area contributed by atoms with Crippen LogP contribution >= 0.6 is 11.6 Å². The van der Waals surface area contributed by atoms with Crippen LogP contribution in [0.5, 0.6) is 0 Å². The van der Waals surface area contributed by atoms with Gasteiger partial charge in [-0.05, 0) is 31.9 Å². The van der Waals surface area contributed by atoms with Crippen molar-refractivity contribution in [3.05, 3.63) is 28.9 Å². The third-order valence-corrected chi connectivity index (χ3v) is 4.37. The fourth-order valence-electron chi connectivity index (χ4n) is 3.10. The topological polar surface area (TPSA) is 38.1 Å². The van der Waals surface area contributed by atoms with E-state index < -0.39 is 5.82 Å². The van der Waals surface area contributed by atoms with Gasteiger partial charge in [-0.25, -0.2) is 9.37 Å². The van der Waals surface area contributed by atoms with Crippen LogP contribution in [-0.2, 0) is 5.41 Å². The number of piperidine rings is 1. The van der Waals surface area contributed by atoms with Crippen LogP contribution in [0.2, 0.25) is 5.02 Å². The highest BCUT2D eigenvalue weighted by Crippen LogP contribution is 2.37. The van der Waals surface area contributed by atoms with Gasteiger partial charge >= 0.3 is 0 Å². The van der Waals surface area contributed by atoms with Crippen molar-refractivity contribution in [3.8, 4) is 0 Å². The Morgan fingerprint density at radius 1 is 1.50 bits per heavy atom. The van der Waals surface area contributed by atoms with Gasteiger partial charge in [-0.2, -0.15) is 0 Å². The van der Waals surface area contributed by atoms with Gasteiger partial charge in [0, 0.05) is 12.6 Å². The van der Waals surface area contributed by atoms with Crippen LogP contribution in [0.15, 0.2) is 16.5 Å². The lowest BCUT2D eigenvalue weighted by molar-refractivity contribution is 0.239. The summed E-state index contributed by atoms with van der Waals surface area (Å²) in [6, 6.07) is 2.86. The van der Waals surface area contributed by atoms with E-state index in [2.05, 4.69) is 17.2 Å². The van der Waals surface area contributed by atoms with Gasteiger partial charge in [0.25, 0.3) is 0 Å². The van der Waals surface area contributed by atoms with Crippen LogP contribution in [-0.4, -0.2) is 18.1 Å². The van der Waals surface area contributed by atoms with Crippen molar-refractivity contribution >= 4 is 22.7 Å². The Balaban J connectivity index is 2.06. The first-order valence-electron chi connectivity index (χ1n) is 7.11. The zero-order valence-corrected chi connectivity index (χ0v) is 12.3. The van der Waals surface area contributed by atoms with Crippen molar-refractivity contribution in [2.24, 2.45) is 0 Å². The van der Waals surface area contributed by atoms with Gasteiger partial charge in [0.15, 0.2) is 5.58 Å². The van der Waals surface area contributed by atoms with Crippen LogP contribution in [0.1, 0.15) is 38.5 Å². The lowest BCUT2D eigenvalue weighted by Gasteiger charge is -2.34. The van der Waals surface area contributed by atoms with Gasteiger partial charge in [0.1, 0.15) is 11.3 Å². The number of halogens is 2. The van der Waals surface area contributed by atoms with E-state index in [1.54, 1.807) is 0 Å². The zero-order valence-electron chi connectivity index (χ0n) is 11.5. The summed E-state index contributed by atoms with van der Waals surface area (Å²) in [4.78, 5) is 4.57. The number of nitrogens with one attached hydrogen (secondary N) is 1. The van der Waals surface area contributed by atoms with Crippen molar-refractivity contribution in [2.45, 2.75) is 38.0 Å². The number of hydrogen-bond donors (Lipinski definition) is 1. The summed E-state index contributed by atoms with van der Waals surface area (Å²) in [6.07, 6.45) is 4.24. The lowest BCUT2D eigenvalue weighted by Crippen LogP contribution is -2.43. The summed E-state index contributed by atoms with van der Waals surface area (Å²) in [7, 11) is 0. The molecule has 1 atom stereocenters. The molecule has 1 aliphatic rings. The Morgan fingerprint density at radius 2 is 2.35 bits per heavy atom. The summed E-state index contributed by atoms with van der Waals surface area (Å²) in [5, 5.41) is 3.51. The standard InChI is InChI=1S/C15H18ClFN2O/c1-2-4-15(5-3-6-18-9-15)14-19-12-7-10(16)11(17)8-13(12)20-14/h7-8,18H,2-6,9H2,1H3. The van der Waals surface area contributed by atoms with Crippen LogP contribution in [0.4, 0.5) is 4.39 Å². The molecule has 1 fully saturated rings. The molecule has 108 valence electrons. The molecule has 1 N–H and O–H groups in total. The molecule has 0 saturated carbocycles. The lowest BCUT2D eigenvalue weighted by atomic mass is 9.77. The Hall–Kier alpha value is -1.13. The minimum atomic E-state index is -0.465. The molecule has 2 aromatic rings. The minimum Gasteiger partial charge on any atom is -0.440 e. The smallest absolute Gasteiger partial charge is 0.202 e. The number of hydrogen-bond acceptors (Lipinski definition) is 3. The van der Waals surface area contributed by atoms with Crippen molar-refractivity contribution in [3.63, 3.8) is 0 Å². The van der Waals surface area contributed by atoms with Gasteiger partial charge in [-0.15, -0.1) is 0 Å². The van der Waals surface area contributed by atoms with E-state index in [1.807, 2.05) is 0 Å². The van der Waals surface area contributed by atoms with E-state index in [1.165, 1.54) is 12.1 Å². The molecule has 1 unspecified atom stereocenters. The molecule has 0 radical (unpaired) electrons. The van der Waals surface area contributed by atoms with Gasteiger partial charge in [-0.1, -0.05) is 24.9 Å². The van der Waals surface area contributed by atoms with Crippen LogP contribution in [0.25, 0.3) is 11.1 Å². The molecule has 1 saturated heterocycles. The average molecular weight is 297 g/mol. The van der Waals surface area contributed by atoms with Crippen LogP contribution in [0, 0.1) is 5.82 Å². The predicted octanol–water partition coefficient (Wildman–Crippen LogP) is 4.04. The SMILES string of the molecule is CCCC1(c2nc3cc(Cl)c(F)cc3o2)CCCNC1. The van der Waals surface area contributed by atoms with Crippen molar-refractivity contribution < 1.29 is 8.81 Å². The molecule has 20 heavy (non-hydrogen) atoms. The van der Waals surface area contributed by atoms with E-state index in [4.69, 9.17) is 16.0 Å². The minimum absolute atomic E-state index is 0.0744. The first-order chi connectivity index (χ1) is 9.64. The van der Waals surface area contributed by atoms with Gasteiger partial charge in [0.05, 0.1) is 10.4 Å². The Bertz CT molecular complexity index is 575. The number of oxazole rings is 1. The van der Waals surface area contributed by atoms with E-state index in [0.29, 0.717) is 17.0 Å². The molecule has 3 rings (SSSR count). The van der Waals surface area contributed by atoms with E-state index in [9.17, 15) is 4.39 Å². The summed E-state index contributed by atoms with van der Waals surface area (Å²) >= 11 is 5.81. The molecule has 0 bridgehead atoms. The van der Waals surface area contributed by atoms with Crippen LogP contribution in [0.3, 0.4) is 0 Å². The van der Waals surface area contributed by atoms with E-state index in [0.717, 1.165) is 38.8 Å². The summed E-state index contributed by atoms with van der Waals surface area (Å²) in [6.45, 7) is 4.06. The predicted molar refractivity (Wildman–Crippen MR) is 77.7 cm³/mol. The molecular formula is C15H18ClFN2O. The summed E-state index contributed by atoms with van der Waals surface area (Å²) in [5.41, 5.74) is 1.03. The fourth-order valence-corrected chi connectivity index (χ4v) is 3.26. The second kappa shape index (κ2) is 5.34. The number of rotatable bonds is 3. The quantitative estimate of drug-likeness (QED) is 0.929. The van der Waals surface area contributed by atoms with Gasteiger partial charge in [0.2, 0.25) is 5.89 Å². The molecule has 0 spiro atoms. The number of aromatic nitrogens is 1. The Labute approximate surface area is 122 Å². The maximum Gasteiger partial charge on any atom is 0.202 e. The highest BCUT2D eigenvalue weighted by molar-refractivity contribution is 6.31. The average Bonchev–Trinajstić information content (AvgIpc) is 2.84. The van der Waals surface area contributed by atoms with E-state index in [-0.39, 0.29) is 10.4 Å². The molecule has 3 nitrogen and oxygen atoms in total. The Kier molecular flexibility index (Phi) is 3.69. The Morgan fingerprint density at radius 3 is 3.05 bits per heavy atom. The third kappa shape index (κ3) is 2.31. The maximum atomic E-state index is 13.5. The highest BCUT2D eigenvalue weighted by atomic mass is 35.5. The largest absolute Gasteiger partial charge is 0.440 e. The molecule has 1 aliphatic heterocycles. The number of fused-ring (bicyclic) bond motifs is 1. The van der Waals surface area contributed by atoms with Crippen molar-refractivity contribution in [1.82, 2.24) is 10.3 Å². The second-order valence-electron chi connectivity index (χ2n) is 5.56. The molecule has 0 amide bonds. The molecule has 1 aromatic heterocycles. The maximum absolute atomic E-state index is 13.5. The normalized spacial score (nSPS) is 23.4. The molecule has 2 heterocycles. The number of nitrogens with zero attached hydrogens (tertiary/aromatic N) is 1. The fraction of sp³-hybridized carbons (Fsp3) is 0.533. The van der Waals surface area contributed by atoms with Crippen molar-refractivity contribution in [1.29, 1.82) is 0 Å². The monoisotopic (exact) mass is 296 g/mol. The van der Waals surface area contributed by atoms with Gasteiger partial charge < -0.3 is 9.73 Å². The number of benzene rings is 1. The molecule has 5 heteroatoms. The molecule has 1 aromatic carbocycles. The first-order valence-corrected chi connectivity index (χ1v) is 7.49. The highest BCUT2D eigenvalue weighted by Gasteiger charge is 2.37. The molecular weight excluding hydrogens is 279 g/mol. The summed E-state index contributed by atoms with van der Waals surface area (Å²) in [5.74, 6) is 0.247. The van der Waals surface area contributed by atoms with Crippen LogP contribution < -0.4 is 5.32 Å². The second-order valence-corrected chi connectivity index (χ2v) is 5.97. The first kappa shape index (κ1) is 13.8.